The Kier molecular flexibility index (Phi) is 21.3. The minimum atomic E-state index is -1.25. The number of nitrogens with zero attached hydrogens (tertiary/aromatic N) is 3. The van der Waals surface area contributed by atoms with Gasteiger partial charge in [-0.25, -0.2) is 4.79 Å². The fourth-order valence-corrected chi connectivity index (χ4v) is 9.14. The van der Waals surface area contributed by atoms with Crippen LogP contribution in [0.1, 0.15) is 72.5 Å². The van der Waals surface area contributed by atoms with Crippen LogP contribution < -0.4 is 0 Å². The molecule has 64 heavy (non-hydrogen) atoms. The number of carbonyl (C=O) groups excluding carboxylic acids is 1. The minimum Gasteiger partial charge on any atom is -0.462 e. The predicted molar refractivity (Wildman–Crippen MR) is 271 cm³/mol. The number of hydrogen-bond acceptors (Lipinski definition) is 9. The fraction of sp³-hybridized carbons (Fsp3) is 0.364. The second-order valence-corrected chi connectivity index (χ2v) is 18.6. The van der Waals surface area contributed by atoms with Crippen molar-refractivity contribution in [3.05, 3.63) is 194 Å². The highest BCUT2D eigenvalue weighted by Crippen LogP contribution is 2.42. The molecule has 0 aliphatic rings. The molecule has 3 unspecified atom stereocenters. The number of rotatable bonds is 19. The zero-order valence-corrected chi connectivity index (χ0v) is 41.3. The molecular formula is C55H71N3O4S2. The zero-order chi connectivity index (χ0) is 46.5. The lowest BCUT2D eigenvalue weighted by Gasteiger charge is -2.42. The van der Waals surface area contributed by atoms with Crippen molar-refractivity contribution in [3.63, 3.8) is 0 Å². The Hall–Kier alpha value is -4.71. The standard InChI is InChI=1S/C21H29NO.C20H25NO3.C14H17NS2/c1-5-20(23)21(16-17(2)22(3)4,18-12-8-6-9-13-18)19-14-10-7-11-15-19;1-4-24-20(17-11-7-5-8-12-17,18-13-9-6-10-14-18)19(22)23-16-15-21(2)3;1-11(15(2)3)10-12(13-6-4-8-16-13)14-7-5-9-17-14/h6-15,17,20,23H,5,16H2,1-4H3;5-14H,4,15-16H2,1-3H3;4-11H,1-3H3. The molecule has 0 amide bonds. The molecule has 7 nitrogen and oxygen atoms in total. The van der Waals surface area contributed by atoms with Gasteiger partial charge in [0.2, 0.25) is 5.60 Å². The molecule has 0 bridgehead atoms. The molecule has 0 aliphatic heterocycles. The van der Waals surface area contributed by atoms with Gasteiger partial charge >= 0.3 is 5.97 Å². The van der Waals surface area contributed by atoms with Gasteiger partial charge in [0, 0.05) is 46.0 Å². The van der Waals surface area contributed by atoms with E-state index in [2.05, 4.69) is 148 Å². The molecule has 0 fully saturated rings. The fourth-order valence-electron chi connectivity index (χ4n) is 7.54. The van der Waals surface area contributed by atoms with Crippen LogP contribution in [0.25, 0.3) is 5.57 Å². The van der Waals surface area contributed by atoms with Crippen molar-refractivity contribution in [2.45, 2.75) is 69.7 Å². The summed E-state index contributed by atoms with van der Waals surface area (Å²) in [5.74, 6) is -0.386. The molecule has 0 saturated heterocycles. The number of esters is 1. The van der Waals surface area contributed by atoms with E-state index in [0.717, 1.165) is 24.0 Å². The Morgan fingerprint density at radius 3 is 1.42 bits per heavy atom. The maximum atomic E-state index is 13.1. The van der Waals surface area contributed by atoms with E-state index in [-0.39, 0.29) is 11.4 Å². The van der Waals surface area contributed by atoms with E-state index in [4.69, 9.17) is 9.47 Å². The van der Waals surface area contributed by atoms with Crippen LogP contribution in [0.5, 0.6) is 0 Å². The summed E-state index contributed by atoms with van der Waals surface area (Å²) in [6.45, 7) is 9.77. The lowest BCUT2D eigenvalue weighted by molar-refractivity contribution is -0.168. The first-order valence-electron chi connectivity index (χ1n) is 22.3. The molecule has 3 atom stereocenters. The first-order chi connectivity index (χ1) is 30.8. The van der Waals surface area contributed by atoms with E-state index in [1.54, 1.807) is 22.7 Å². The van der Waals surface area contributed by atoms with Crippen LogP contribution in [0.2, 0.25) is 0 Å². The molecule has 0 spiro atoms. The number of benzene rings is 4. The van der Waals surface area contributed by atoms with Crippen LogP contribution in [0.15, 0.2) is 162 Å². The summed E-state index contributed by atoms with van der Waals surface area (Å²) in [6, 6.07) is 49.4. The van der Waals surface area contributed by atoms with Gasteiger partial charge in [-0.3, -0.25) is 0 Å². The van der Waals surface area contributed by atoms with Crippen molar-refractivity contribution in [1.29, 1.82) is 0 Å². The number of hydrogen-bond donors (Lipinski definition) is 1. The van der Waals surface area contributed by atoms with Gasteiger partial charge in [0.1, 0.15) is 6.61 Å². The summed E-state index contributed by atoms with van der Waals surface area (Å²) < 4.78 is 11.6. The number of ether oxygens (including phenoxy) is 2. The Bertz CT molecular complexity index is 2060. The van der Waals surface area contributed by atoms with Gasteiger partial charge in [0.05, 0.1) is 6.10 Å². The summed E-state index contributed by atoms with van der Waals surface area (Å²) in [5.41, 5.74) is 3.64. The maximum absolute atomic E-state index is 13.1. The van der Waals surface area contributed by atoms with Crippen LogP contribution >= 0.6 is 22.7 Å². The van der Waals surface area contributed by atoms with Crippen LogP contribution in [0, 0.1) is 0 Å². The quantitative estimate of drug-likeness (QED) is 0.0812. The topological polar surface area (TPSA) is 65.5 Å². The van der Waals surface area contributed by atoms with Crippen molar-refractivity contribution in [2.75, 3.05) is 62.0 Å². The number of thiophene rings is 2. The molecular weight excluding hydrogens is 831 g/mol. The lowest BCUT2D eigenvalue weighted by atomic mass is 9.66. The number of carbonyl (C=O) groups is 1. The molecule has 0 radical (unpaired) electrons. The third-order valence-electron chi connectivity index (χ3n) is 11.6. The maximum Gasteiger partial charge on any atom is 0.347 e. The van der Waals surface area contributed by atoms with Gasteiger partial charge in [-0.05, 0) is 121 Å². The van der Waals surface area contributed by atoms with Crippen molar-refractivity contribution >= 4 is 34.2 Å². The van der Waals surface area contributed by atoms with Crippen molar-refractivity contribution in [1.82, 2.24) is 14.7 Å². The first-order valence-corrected chi connectivity index (χ1v) is 24.1. The second-order valence-electron chi connectivity index (χ2n) is 16.7. The summed E-state index contributed by atoms with van der Waals surface area (Å²) in [6.07, 6.45) is 3.53. The molecule has 9 heteroatoms. The highest BCUT2D eigenvalue weighted by Gasteiger charge is 2.45. The molecule has 6 aromatic rings. The third kappa shape index (κ3) is 13.9. The molecule has 1 N–H and O–H groups in total. The molecule has 0 aliphatic carbocycles. The molecule has 2 heterocycles. The Morgan fingerprint density at radius 2 is 1.08 bits per heavy atom. The van der Waals surface area contributed by atoms with E-state index >= 15 is 0 Å². The molecule has 2 aromatic heterocycles. The Morgan fingerprint density at radius 1 is 0.641 bits per heavy atom. The molecule has 6 rings (SSSR count). The van der Waals surface area contributed by atoms with E-state index < -0.39 is 11.7 Å². The van der Waals surface area contributed by atoms with Gasteiger partial charge < -0.3 is 29.3 Å². The van der Waals surface area contributed by atoms with Gasteiger partial charge in [0.25, 0.3) is 0 Å². The number of aliphatic hydroxyl groups is 1. The van der Waals surface area contributed by atoms with E-state index in [1.807, 2.05) is 98.7 Å². The normalized spacial score (nSPS) is 13.0. The van der Waals surface area contributed by atoms with Crippen molar-refractivity contribution < 1.29 is 19.4 Å². The summed E-state index contributed by atoms with van der Waals surface area (Å²) in [5, 5.41) is 15.4. The van der Waals surface area contributed by atoms with Gasteiger partial charge in [-0.1, -0.05) is 146 Å². The summed E-state index contributed by atoms with van der Waals surface area (Å²) in [4.78, 5) is 22.2. The monoisotopic (exact) mass is 901 g/mol. The van der Waals surface area contributed by atoms with Crippen LogP contribution in [-0.2, 0) is 25.3 Å². The SMILES string of the molecule is CC(C=C(c1cccs1)c1cccs1)N(C)C.CCC(O)C(CC(C)N(C)C)(c1ccccc1)c1ccccc1.CCOC(C(=O)OCCN(C)C)(c1ccccc1)c1ccccc1. The van der Waals surface area contributed by atoms with Gasteiger partial charge in [-0.15, -0.1) is 22.7 Å². The molecule has 342 valence electrons. The van der Waals surface area contributed by atoms with Crippen LogP contribution in [0.3, 0.4) is 0 Å². The molecule has 4 aromatic carbocycles. The number of aliphatic hydroxyl groups excluding tert-OH is 1. The third-order valence-corrected chi connectivity index (χ3v) is 13.4. The summed E-state index contributed by atoms with van der Waals surface area (Å²) in [7, 11) is 12.3. The summed E-state index contributed by atoms with van der Waals surface area (Å²) >= 11 is 3.61. The van der Waals surface area contributed by atoms with E-state index in [0.29, 0.717) is 31.8 Å². The second kappa shape index (κ2) is 26.3. The Labute approximate surface area is 392 Å². The van der Waals surface area contributed by atoms with E-state index in [1.165, 1.54) is 26.5 Å². The van der Waals surface area contributed by atoms with Crippen molar-refractivity contribution in [3.8, 4) is 0 Å². The van der Waals surface area contributed by atoms with Gasteiger partial charge in [0.15, 0.2) is 0 Å². The zero-order valence-electron chi connectivity index (χ0n) is 39.7. The lowest BCUT2D eigenvalue weighted by Crippen LogP contribution is -2.45. The van der Waals surface area contributed by atoms with Gasteiger partial charge in [-0.2, -0.15) is 0 Å². The predicted octanol–water partition coefficient (Wildman–Crippen LogP) is 11.3. The largest absolute Gasteiger partial charge is 0.462 e. The van der Waals surface area contributed by atoms with Crippen LogP contribution in [0.4, 0.5) is 0 Å². The highest BCUT2D eigenvalue weighted by molar-refractivity contribution is 7.13. The van der Waals surface area contributed by atoms with E-state index in [9.17, 15) is 9.90 Å². The molecule has 0 saturated carbocycles. The van der Waals surface area contributed by atoms with Crippen LogP contribution in [-0.4, -0.2) is 106 Å². The average molecular weight is 902 g/mol. The average Bonchev–Trinajstić information content (AvgIpc) is 4.07. The first kappa shape index (κ1) is 51.9. The number of likely N-dealkylation sites (N-methyl/N-ethyl adjacent to an activating group) is 2. The smallest absolute Gasteiger partial charge is 0.347 e. The minimum absolute atomic E-state index is 0.320. The Balaban J connectivity index is 0.000000214. The van der Waals surface area contributed by atoms with Crippen molar-refractivity contribution in [2.24, 2.45) is 0 Å². The highest BCUT2D eigenvalue weighted by atomic mass is 32.1.